The predicted octanol–water partition coefficient (Wildman–Crippen LogP) is 5.37. The molecule has 1 amide bonds. The van der Waals surface area contributed by atoms with Crippen molar-refractivity contribution in [1.82, 2.24) is 15.5 Å². The number of nitrogens with one attached hydrogen (secondary N) is 3. The SMILES string of the molecule is Cc1c(CNC2CCN(Cc3ccc(Oc4ccc(NS(C)(=O)=O)cc4)cc3)CC2)cccc1C(=O)NC1CCC(O)CC1.Cl. The number of carbonyl (C=O) groups excluding carboxylic acids is 1. The van der Waals surface area contributed by atoms with E-state index in [1.54, 1.807) is 24.3 Å². The summed E-state index contributed by atoms with van der Waals surface area (Å²) >= 11 is 0. The Bertz CT molecular complexity index is 1500. The molecule has 4 N–H and O–H groups in total. The van der Waals surface area contributed by atoms with Crippen LogP contribution in [0.1, 0.15) is 65.6 Å². The maximum absolute atomic E-state index is 13.0. The average molecular weight is 657 g/mol. The zero-order valence-corrected chi connectivity index (χ0v) is 27.6. The molecule has 0 radical (unpaired) electrons. The zero-order chi connectivity index (χ0) is 31.1. The standard InChI is InChI=1S/C34H44N4O5S.ClH/c1-24-26(4-3-5-33(24)34(40)36-28-8-12-30(39)13-9-28)22-35-27-18-20-38(21-19-27)23-25-6-14-31(15-7-25)43-32-16-10-29(11-17-32)37-44(2,41)42;/h3-7,10-11,14-17,27-28,30,35,37,39H,8-9,12-13,18-23H2,1-2H3,(H,36,40);1H. The second kappa shape index (κ2) is 15.9. The molecule has 1 heterocycles. The first kappa shape index (κ1) is 34.7. The van der Waals surface area contributed by atoms with E-state index in [-0.39, 0.29) is 30.5 Å². The van der Waals surface area contributed by atoms with Gasteiger partial charge >= 0.3 is 0 Å². The maximum atomic E-state index is 13.0. The number of amides is 1. The number of ether oxygens (including phenoxy) is 1. The van der Waals surface area contributed by atoms with Crippen LogP contribution in [-0.4, -0.2) is 61.9 Å². The first-order chi connectivity index (χ1) is 21.1. The number of benzene rings is 3. The van der Waals surface area contributed by atoms with E-state index in [2.05, 4.69) is 38.5 Å². The summed E-state index contributed by atoms with van der Waals surface area (Å²) in [5.74, 6) is 1.35. The van der Waals surface area contributed by atoms with Gasteiger partial charge in [0.1, 0.15) is 11.5 Å². The predicted molar refractivity (Wildman–Crippen MR) is 181 cm³/mol. The number of hydrogen-bond acceptors (Lipinski definition) is 7. The fourth-order valence-corrected chi connectivity index (χ4v) is 6.58. The first-order valence-corrected chi connectivity index (χ1v) is 17.4. The van der Waals surface area contributed by atoms with Gasteiger partial charge in [-0.05, 0) is 118 Å². The Morgan fingerprint density at radius 1 is 0.889 bits per heavy atom. The molecule has 9 nitrogen and oxygen atoms in total. The molecular formula is C34H45ClN4O5S. The molecule has 5 rings (SSSR count). The number of likely N-dealkylation sites (tertiary alicyclic amines) is 1. The molecule has 0 atom stereocenters. The van der Waals surface area contributed by atoms with Gasteiger partial charge < -0.3 is 20.5 Å². The highest BCUT2D eigenvalue weighted by atomic mass is 35.5. The van der Waals surface area contributed by atoms with Crippen LogP contribution in [-0.2, 0) is 23.1 Å². The fourth-order valence-electron chi connectivity index (χ4n) is 6.02. The van der Waals surface area contributed by atoms with E-state index in [1.165, 1.54) is 5.56 Å². The normalized spacial score (nSPS) is 19.4. The molecular weight excluding hydrogens is 612 g/mol. The lowest BCUT2D eigenvalue weighted by molar-refractivity contribution is 0.0867. The van der Waals surface area contributed by atoms with Crippen LogP contribution in [0.2, 0.25) is 0 Å². The van der Waals surface area contributed by atoms with Crippen molar-refractivity contribution < 1.29 is 23.1 Å². The van der Waals surface area contributed by atoms with Crippen molar-refractivity contribution in [2.45, 2.75) is 76.7 Å². The Labute approximate surface area is 273 Å². The van der Waals surface area contributed by atoms with Crippen LogP contribution < -0.4 is 20.1 Å². The van der Waals surface area contributed by atoms with Gasteiger partial charge in [-0.1, -0.05) is 24.3 Å². The highest BCUT2D eigenvalue weighted by Crippen LogP contribution is 2.25. The number of hydrogen-bond donors (Lipinski definition) is 4. The number of aliphatic hydroxyl groups excluding tert-OH is 1. The van der Waals surface area contributed by atoms with Crippen LogP contribution in [0.3, 0.4) is 0 Å². The molecule has 11 heteroatoms. The van der Waals surface area contributed by atoms with Crippen LogP contribution in [0.15, 0.2) is 66.7 Å². The van der Waals surface area contributed by atoms with Gasteiger partial charge in [-0.3, -0.25) is 14.4 Å². The molecule has 0 bridgehead atoms. The second-order valence-corrected chi connectivity index (χ2v) is 13.9. The summed E-state index contributed by atoms with van der Waals surface area (Å²) in [6.45, 7) is 5.69. The molecule has 0 unspecified atom stereocenters. The molecule has 0 aromatic heterocycles. The third-order valence-corrected chi connectivity index (χ3v) is 9.22. The molecule has 1 aliphatic carbocycles. The van der Waals surface area contributed by atoms with Crippen molar-refractivity contribution >= 4 is 34.0 Å². The number of anilines is 1. The van der Waals surface area contributed by atoms with Gasteiger partial charge in [0.15, 0.2) is 0 Å². The smallest absolute Gasteiger partial charge is 0.251 e. The molecule has 1 aliphatic heterocycles. The minimum Gasteiger partial charge on any atom is -0.457 e. The number of piperidine rings is 1. The topological polar surface area (TPSA) is 120 Å². The van der Waals surface area contributed by atoms with Gasteiger partial charge in [-0.15, -0.1) is 12.4 Å². The summed E-state index contributed by atoms with van der Waals surface area (Å²) in [6, 6.07) is 21.5. The van der Waals surface area contributed by atoms with E-state index < -0.39 is 10.0 Å². The molecule has 45 heavy (non-hydrogen) atoms. The molecule has 2 fully saturated rings. The minimum absolute atomic E-state index is 0. The minimum atomic E-state index is -3.31. The Kier molecular flexibility index (Phi) is 12.3. The second-order valence-electron chi connectivity index (χ2n) is 12.1. The van der Waals surface area contributed by atoms with Gasteiger partial charge in [-0.25, -0.2) is 8.42 Å². The average Bonchev–Trinajstić information content (AvgIpc) is 3.00. The monoisotopic (exact) mass is 656 g/mol. The molecule has 2 aliphatic rings. The Hall–Kier alpha value is -3.15. The summed E-state index contributed by atoms with van der Waals surface area (Å²) in [6.07, 6.45) is 6.19. The number of halogens is 1. The molecule has 3 aromatic carbocycles. The number of sulfonamides is 1. The Morgan fingerprint density at radius 2 is 1.51 bits per heavy atom. The summed E-state index contributed by atoms with van der Waals surface area (Å²) in [5, 5.41) is 16.6. The van der Waals surface area contributed by atoms with E-state index >= 15 is 0 Å². The lowest BCUT2D eigenvalue weighted by Crippen LogP contribution is -2.42. The largest absolute Gasteiger partial charge is 0.457 e. The van der Waals surface area contributed by atoms with Crippen LogP contribution >= 0.6 is 12.4 Å². The van der Waals surface area contributed by atoms with Gasteiger partial charge in [-0.2, -0.15) is 0 Å². The number of carbonyl (C=O) groups is 1. The molecule has 3 aromatic rings. The number of aliphatic hydroxyl groups is 1. The van der Waals surface area contributed by atoms with E-state index in [4.69, 9.17) is 4.74 Å². The van der Waals surface area contributed by atoms with Crippen molar-refractivity contribution in [2.24, 2.45) is 0 Å². The van der Waals surface area contributed by atoms with Crippen LogP contribution in [0.5, 0.6) is 11.5 Å². The number of nitrogens with zero attached hydrogens (tertiary/aromatic N) is 1. The summed E-state index contributed by atoms with van der Waals surface area (Å²) in [5.41, 5.74) is 4.64. The van der Waals surface area contributed by atoms with Crippen molar-refractivity contribution in [2.75, 3.05) is 24.1 Å². The summed E-state index contributed by atoms with van der Waals surface area (Å²) in [7, 11) is -3.31. The Balaban J connectivity index is 0.00000461. The van der Waals surface area contributed by atoms with E-state index in [1.807, 2.05) is 31.2 Å². The zero-order valence-electron chi connectivity index (χ0n) is 26.0. The number of rotatable bonds is 11. The van der Waals surface area contributed by atoms with Gasteiger partial charge in [0.05, 0.1) is 12.4 Å². The first-order valence-electron chi connectivity index (χ1n) is 15.5. The maximum Gasteiger partial charge on any atom is 0.251 e. The highest BCUT2D eigenvalue weighted by molar-refractivity contribution is 7.92. The molecule has 1 saturated carbocycles. The van der Waals surface area contributed by atoms with Crippen LogP contribution in [0.25, 0.3) is 0 Å². The van der Waals surface area contributed by atoms with E-state index in [0.717, 1.165) is 93.4 Å². The lowest BCUT2D eigenvalue weighted by atomic mass is 9.92. The Morgan fingerprint density at radius 3 is 2.13 bits per heavy atom. The van der Waals surface area contributed by atoms with Crippen molar-refractivity contribution in [3.8, 4) is 11.5 Å². The summed E-state index contributed by atoms with van der Waals surface area (Å²) in [4.78, 5) is 15.5. The van der Waals surface area contributed by atoms with E-state index in [0.29, 0.717) is 17.5 Å². The van der Waals surface area contributed by atoms with E-state index in [9.17, 15) is 18.3 Å². The van der Waals surface area contributed by atoms with Crippen molar-refractivity contribution in [3.05, 3.63) is 89.0 Å². The van der Waals surface area contributed by atoms with Gasteiger partial charge in [0.2, 0.25) is 10.0 Å². The highest BCUT2D eigenvalue weighted by Gasteiger charge is 2.23. The molecule has 1 saturated heterocycles. The molecule has 0 spiro atoms. The van der Waals surface area contributed by atoms with Crippen molar-refractivity contribution in [1.29, 1.82) is 0 Å². The quantitative estimate of drug-likeness (QED) is 0.219. The van der Waals surface area contributed by atoms with Crippen LogP contribution in [0, 0.1) is 6.92 Å². The molecule has 244 valence electrons. The van der Waals surface area contributed by atoms with Crippen LogP contribution in [0.4, 0.5) is 5.69 Å². The van der Waals surface area contributed by atoms with Gasteiger partial charge in [0.25, 0.3) is 5.91 Å². The van der Waals surface area contributed by atoms with Gasteiger partial charge in [0, 0.05) is 36.4 Å². The fraction of sp³-hybridized carbons (Fsp3) is 0.441. The summed E-state index contributed by atoms with van der Waals surface area (Å²) < 4.78 is 31.1. The lowest BCUT2D eigenvalue weighted by Gasteiger charge is -2.32. The van der Waals surface area contributed by atoms with Crippen molar-refractivity contribution in [3.63, 3.8) is 0 Å². The third kappa shape index (κ3) is 10.4. The third-order valence-electron chi connectivity index (χ3n) is 8.61.